The molecule has 0 aliphatic carbocycles. The van der Waals surface area contributed by atoms with Gasteiger partial charge in [-0.15, -0.1) is 0 Å². The number of carbonyl (C=O) groups is 1. The summed E-state index contributed by atoms with van der Waals surface area (Å²) in [6, 6.07) is 8.53. The zero-order valence-corrected chi connectivity index (χ0v) is 12.1. The molecule has 4 atom stereocenters. The van der Waals surface area contributed by atoms with Crippen molar-refractivity contribution in [3.63, 3.8) is 0 Å². The summed E-state index contributed by atoms with van der Waals surface area (Å²) in [7, 11) is 0. The normalized spacial score (nSPS) is 32.3. The van der Waals surface area contributed by atoms with Crippen LogP contribution in [0.2, 0.25) is 0 Å². The van der Waals surface area contributed by atoms with Crippen molar-refractivity contribution in [3.8, 4) is 0 Å². The van der Waals surface area contributed by atoms with E-state index >= 15 is 0 Å². The average Bonchev–Trinajstić information content (AvgIpc) is 2.83. The lowest BCUT2D eigenvalue weighted by atomic mass is 9.87. The highest BCUT2D eigenvalue weighted by Gasteiger charge is 2.33. The fourth-order valence-corrected chi connectivity index (χ4v) is 3.13. The SMILES string of the molecule is CC1Nc2ccccc2CC1C(=O)NC1CCOC1C. The maximum absolute atomic E-state index is 12.5. The molecule has 4 unspecified atom stereocenters. The van der Waals surface area contributed by atoms with Gasteiger partial charge in [-0.05, 0) is 38.3 Å². The molecule has 0 saturated carbocycles. The Balaban J connectivity index is 1.69. The summed E-state index contributed by atoms with van der Waals surface area (Å²) in [4.78, 5) is 12.5. The first-order chi connectivity index (χ1) is 9.65. The monoisotopic (exact) mass is 274 g/mol. The molecule has 0 aromatic heterocycles. The molecule has 0 bridgehead atoms. The van der Waals surface area contributed by atoms with Crippen LogP contribution in [0.5, 0.6) is 0 Å². The number of nitrogens with one attached hydrogen (secondary N) is 2. The van der Waals surface area contributed by atoms with Gasteiger partial charge in [0.2, 0.25) is 5.91 Å². The Morgan fingerprint density at radius 2 is 2.15 bits per heavy atom. The van der Waals surface area contributed by atoms with Crippen LogP contribution < -0.4 is 10.6 Å². The maximum Gasteiger partial charge on any atom is 0.225 e. The van der Waals surface area contributed by atoms with Crippen LogP contribution in [-0.4, -0.2) is 30.7 Å². The standard InChI is InChI=1S/C16H22N2O2/c1-10-13(9-12-5-3-4-6-15(12)17-10)16(19)18-14-7-8-20-11(14)2/h3-6,10-11,13-14,17H,7-9H2,1-2H3,(H,18,19). The average molecular weight is 274 g/mol. The van der Waals surface area contributed by atoms with Crippen LogP contribution >= 0.6 is 0 Å². The number of anilines is 1. The van der Waals surface area contributed by atoms with Gasteiger partial charge in [-0.1, -0.05) is 18.2 Å². The smallest absolute Gasteiger partial charge is 0.225 e. The predicted molar refractivity (Wildman–Crippen MR) is 78.7 cm³/mol. The summed E-state index contributed by atoms with van der Waals surface area (Å²) in [6.07, 6.45) is 1.84. The lowest BCUT2D eigenvalue weighted by Crippen LogP contribution is -2.48. The molecule has 0 radical (unpaired) electrons. The molecule has 4 heteroatoms. The first-order valence-electron chi connectivity index (χ1n) is 7.41. The number of para-hydroxylation sites is 1. The van der Waals surface area contributed by atoms with E-state index in [1.807, 2.05) is 19.1 Å². The lowest BCUT2D eigenvalue weighted by molar-refractivity contribution is -0.126. The van der Waals surface area contributed by atoms with Gasteiger partial charge in [-0.2, -0.15) is 0 Å². The summed E-state index contributed by atoms with van der Waals surface area (Å²) in [5.41, 5.74) is 2.38. The zero-order valence-electron chi connectivity index (χ0n) is 12.1. The van der Waals surface area contributed by atoms with Gasteiger partial charge in [0, 0.05) is 18.3 Å². The number of fused-ring (bicyclic) bond motifs is 1. The Kier molecular flexibility index (Phi) is 3.66. The molecule has 3 rings (SSSR count). The third-order valence-electron chi connectivity index (χ3n) is 4.48. The van der Waals surface area contributed by atoms with Gasteiger partial charge in [-0.25, -0.2) is 0 Å². The summed E-state index contributed by atoms with van der Waals surface area (Å²) < 4.78 is 5.51. The van der Waals surface area contributed by atoms with E-state index in [1.54, 1.807) is 0 Å². The summed E-state index contributed by atoms with van der Waals surface area (Å²) >= 11 is 0. The van der Waals surface area contributed by atoms with Crippen LogP contribution in [0.15, 0.2) is 24.3 Å². The van der Waals surface area contributed by atoms with Crippen molar-refractivity contribution in [3.05, 3.63) is 29.8 Å². The Labute approximate surface area is 119 Å². The number of hydrogen-bond donors (Lipinski definition) is 2. The molecular formula is C16H22N2O2. The van der Waals surface area contributed by atoms with E-state index in [-0.39, 0.29) is 30.0 Å². The van der Waals surface area contributed by atoms with E-state index in [9.17, 15) is 4.79 Å². The first kappa shape index (κ1) is 13.4. The van der Waals surface area contributed by atoms with E-state index in [0.717, 1.165) is 25.1 Å². The molecule has 2 aliphatic rings. The van der Waals surface area contributed by atoms with Crippen LogP contribution in [-0.2, 0) is 16.0 Å². The van der Waals surface area contributed by atoms with Crippen molar-refractivity contribution in [2.45, 2.75) is 44.9 Å². The summed E-state index contributed by atoms with van der Waals surface area (Å²) in [5, 5.41) is 6.59. The molecular weight excluding hydrogens is 252 g/mol. The van der Waals surface area contributed by atoms with Crippen molar-refractivity contribution in [1.29, 1.82) is 0 Å². The topological polar surface area (TPSA) is 50.4 Å². The first-order valence-corrected chi connectivity index (χ1v) is 7.41. The van der Waals surface area contributed by atoms with Crippen molar-refractivity contribution in [2.75, 3.05) is 11.9 Å². The molecule has 20 heavy (non-hydrogen) atoms. The molecule has 1 saturated heterocycles. The number of carbonyl (C=O) groups excluding carboxylic acids is 1. The lowest BCUT2D eigenvalue weighted by Gasteiger charge is -2.32. The molecule has 2 aliphatic heterocycles. The van der Waals surface area contributed by atoms with Gasteiger partial charge in [0.05, 0.1) is 18.1 Å². The highest BCUT2D eigenvalue weighted by Crippen LogP contribution is 2.28. The van der Waals surface area contributed by atoms with E-state index in [0.29, 0.717) is 0 Å². The largest absolute Gasteiger partial charge is 0.382 e. The van der Waals surface area contributed by atoms with E-state index < -0.39 is 0 Å². The van der Waals surface area contributed by atoms with Crippen LogP contribution in [0.25, 0.3) is 0 Å². The predicted octanol–water partition coefficient (Wildman–Crippen LogP) is 1.95. The third-order valence-corrected chi connectivity index (χ3v) is 4.48. The molecule has 2 N–H and O–H groups in total. The molecule has 1 aromatic rings. The fraction of sp³-hybridized carbons (Fsp3) is 0.562. The van der Waals surface area contributed by atoms with Crippen LogP contribution in [0.3, 0.4) is 0 Å². The molecule has 4 nitrogen and oxygen atoms in total. The van der Waals surface area contributed by atoms with Gasteiger partial charge in [0.1, 0.15) is 0 Å². The Morgan fingerprint density at radius 1 is 1.35 bits per heavy atom. The minimum atomic E-state index is -0.0160. The Morgan fingerprint density at radius 3 is 2.90 bits per heavy atom. The second-order valence-electron chi connectivity index (χ2n) is 5.88. The van der Waals surface area contributed by atoms with E-state index in [4.69, 9.17) is 4.74 Å². The van der Waals surface area contributed by atoms with Crippen LogP contribution in [0, 0.1) is 5.92 Å². The maximum atomic E-state index is 12.5. The van der Waals surface area contributed by atoms with Gasteiger partial charge in [-0.3, -0.25) is 4.79 Å². The van der Waals surface area contributed by atoms with Crippen molar-refractivity contribution in [1.82, 2.24) is 5.32 Å². The van der Waals surface area contributed by atoms with Crippen molar-refractivity contribution >= 4 is 11.6 Å². The van der Waals surface area contributed by atoms with Gasteiger partial charge in [0.25, 0.3) is 0 Å². The molecule has 1 amide bonds. The van der Waals surface area contributed by atoms with Crippen LogP contribution in [0.4, 0.5) is 5.69 Å². The van der Waals surface area contributed by atoms with Gasteiger partial charge >= 0.3 is 0 Å². The number of hydrogen-bond acceptors (Lipinski definition) is 3. The zero-order chi connectivity index (χ0) is 14.1. The summed E-state index contributed by atoms with van der Waals surface area (Å²) in [5.74, 6) is 0.125. The van der Waals surface area contributed by atoms with Gasteiger partial charge in [0.15, 0.2) is 0 Å². The highest BCUT2D eigenvalue weighted by molar-refractivity contribution is 5.81. The fourth-order valence-electron chi connectivity index (χ4n) is 3.13. The molecule has 1 aromatic carbocycles. The Bertz CT molecular complexity index is 503. The number of benzene rings is 1. The molecule has 108 valence electrons. The van der Waals surface area contributed by atoms with E-state index in [2.05, 4.69) is 29.7 Å². The summed E-state index contributed by atoms with van der Waals surface area (Å²) in [6.45, 7) is 4.85. The molecule has 1 fully saturated rings. The number of ether oxygens (including phenoxy) is 1. The van der Waals surface area contributed by atoms with Crippen LogP contribution in [0.1, 0.15) is 25.8 Å². The van der Waals surface area contributed by atoms with Crippen molar-refractivity contribution < 1.29 is 9.53 Å². The third kappa shape index (κ3) is 2.52. The van der Waals surface area contributed by atoms with Crippen molar-refractivity contribution in [2.24, 2.45) is 5.92 Å². The minimum Gasteiger partial charge on any atom is -0.382 e. The minimum absolute atomic E-state index is 0.0160. The highest BCUT2D eigenvalue weighted by atomic mass is 16.5. The molecule has 0 spiro atoms. The quantitative estimate of drug-likeness (QED) is 0.866. The second-order valence-corrected chi connectivity index (χ2v) is 5.88. The van der Waals surface area contributed by atoms with Gasteiger partial charge < -0.3 is 15.4 Å². The van der Waals surface area contributed by atoms with E-state index in [1.165, 1.54) is 5.56 Å². The Hall–Kier alpha value is -1.55. The number of amides is 1. The number of rotatable bonds is 2. The molecule has 2 heterocycles. The second kappa shape index (κ2) is 5.44.